The van der Waals surface area contributed by atoms with Gasteiger partial charge in [-0.1, -0.05) is 13.8 Å². The molecule has 3 nitrogen and oxygen atoms in total. The highest BCUT2D eigenvalue weighted by Gasteiger charge is 2.45. The number of pyridine rings is 1. The number of aryl methyl sites for hydroxylation is 2. The van der Waals surface area contributed by atoms with Crippen LogP contribution >= 0.6 is 0 Å². The number of fused-ring (bicyclic) bond motifs is 1. The average Bonchev–Trinajstić information content (AvgIpc) is 3.02. The van der Waals surface area contributed by atoms with E-state index in [-0.39, 0.29) is 0 Å². The molecule has 1 heterocycles. The molecule has 1 aromatic rings. The second-order valence-corrected chi connectivity index (χ2v) is 6.58. The SMILES string of the molecule is CC1(C)CC1CNc1nc2c(cc1C#N)CCCC2. The highest BCUT2D eigenvalue weighted by molar-refractivity contribution is 5.54. The number of hydrogen-bond acceptors (Lipinski definition) is 3. The second kappa shape index (κ2) is 4.52. The van der Waals surface area contributed by atoms with Crippen LogP contribution in [0.25, 0.3) is 0 Å². The first-order valence-electron chi connectivity index (χ1n) is 7.27. The van der Waals surface area contributed by atoms with Crippen LogP contribution in [-0.4, -0.2) is 11.5 Å². The van der Waals surface area contributed by atoms with Gasteiger partial charge in [0, 0.05) is 12.2 Å². The van der Waals surface area contributed by atoms with Crippen LogP contribution in [-0.2, 0) is 12.8 Å². The molecule has 0 saturated heterocycles. The normalized spacial score (nSPS) is 23.3. The van der Waals surface area contributed by atoms with Crippen LogP contribution < -0.4 is 5.32 Å². The molecule has 1 aromatic heterocycles. The Labute approximate surface area is 115 Å². The molecule has 3 heteroatoms. The van der Waals surface area contributed by atoms with Crippen LogP contribution in [0.15, 0.2) is 6.07 Å². The summed E-state index contributed by atoms with van der Waals surface area (Å²) >= 11 is 0. The fraction of sp³-hybridized carbons (Fsp3) is 0.625. The minimum atomic E-state index is 0.466. The molecule has 1 unspecified atom stereocenters. The van der Waals surface area contributed by atoms with Crippen molar-refractivity contribution in [3.8, 4) is 6.07 Å². The van der Waals surface area contributed by atoms with E-state index in [1.807, 2.05) is 6.07 Å². The summed E-state index contributed by atoms with van der Waals surface area (Å²) in [5.74, 6) is 1.52. The largest absolute Gasteiger partial charge is 0.369 e. The Kier molecular flexibility index (Phi) is 2.97. The molecule has 1 N–H and O–H groups in total. The zero-order valence-corrected chi connectivity index (χ0v) is 11.8. The van der Waals surface area contributed by atoms with Crippen LogP contribution in [0.5, 0.6) is 0 Å². The number of aromatic nitrogens is 1. The average molecular weight is 255 g/mol. The van der Waals surface area contributed by atoms with E-state index in [1.54, 1.807) is 0 Å². The van der Waals surface area contributed by atoms with Crippen molar-refractivity contribution in [2.45, 2.75) is 46.0 Å². The molecule has 2 aliphatic rings. The first-order chi connectivity index (χ1) is 9.10. The lowest BCUT2D eigenvalue weighted by Crippen LogP contribution is -2.13. The van der Waals surface area contributed by atoms with Crippen molar-refractivity contribution in [2.75, 3.05) is 11.9 Å². The maximum atomic E-state index is 9.27. The van der Waals surface area contributed by atoms with Gasteiger partial charge in [0.05, 0.1) is 5.56 Å². The monoisotopic (exact) mass is 255 g/mol. The van der Waals surface area contributed by atoms with Gasteiger partial charge in [0.25, 0.3) is 0 Å². The lowest BCUT2D eigenvalue weighted by molar-refractivity contribution is 0.572. The molecule has 100 valence electrons. The van der Waals surface area contributed by atoms with Gasteiger partial charge in [-0.2, -0.15) is 5.26 Å². The van der Waals surface area contributed by atoms with Crippen molar-refractivity contribution in [1.29, 1.82) is 5.26 Å². The first kappa shape index (κ1) is 12.5. The quantitative estimate of drug-likeness (QED) is 0.901. The summed E-state index contributed by atoms with van der Waals surface area (Å²) in [6.45, 7) is 5.53. The lowest BCUT2D eigenvalue weighted by atomic mass is 9.95. The smallest absolute Gasteiger partial charge is 0.144 e. The van der Waals surface area contributed by atoms with Crippen molar-refractivity contribution in [2.24, 2.45) is 11.3 Å². The van der Waals surface area contributed by atoms with E-state index >= 15 is 0 Å². The van der Waals surface area contributed by atoms with Gasteiger partial charge in [0.15, 0.2) is 0 Å². The number of anilines is 1. The predicted octanol–water partition coefficient (Wildman–Crippen LogP) is 3.29. The Bertz CT molecular complexity index is 540. The highest BCUT2D eigenvalue weighted by atomic mass is 15.0. The van der Waals surface area contributed by atoms with E-state index in [0.717, 1.165) is 31.1 Å². The third kappa shape index (κ3) is 2.45. The van der Waals surface area contributed by atoms with Gasteiger partial charge in [0.2, 0.25) is 0 Å². The Morgan fingerprint density at radius 1 is 1.42 bits per heavy atom. The summed E-state index contributed by atoms with van der Waals surface area (Å²) in [5, 5.41) is 12.7. The molecule has 0 bridgehead atoms. The summed E-state index contributed by atoms with van der Waals surface area (Å²) in [4.78, 5) is 4.70. The molecular formula is C16H21N3. The molecule has 0 spiro atoms. The number of rotatable bonds is 3. The number of nitrogens with zero attached hydrogens (tertiary/aromatic N) is 2. The molecule has 0 aliphatic heterocycles. The number of hydrogen-bond donors (Lipinski definition) is 1. The summed E-state index contributed by atoms with van der Waals surface area (Å²) in [5.41, 5.74) is 3.65. The van der Waals surface area contributed by atoms with Crippen LogP contribution in [0, 0.1) is 22.7 Å². The van der Waals surface area contributed by atoms with Gasteiger partial charge in [0.1, 0.15) is 11.9 Å². The van der Waals surface area contributed by atoms with E-state index < -0.39 is 0 Å². The van der Waals surface area contributed by atoms with Gasteiger partial charge in [-0.15, -0.1) is 0 Å². The van der Waals surface area contributed by atoms with Crippen LogP contribution in [0.4, 0.5) is 5.82 Å². The van der Waals surface area contributed by atoms with Gasteiger partial charge in [-0.05, 0) is 55.1 Å². The van der Waals surface area contributed by atoms with Gasteiger partial charge in [-0.25, -0.2) is 4.98 Å². The van der Waals surface area contributed by atoms with E-state index in [4.69, 9.17) is 4.98 Å². The van der Waals surface area contributed by atoms with E-state index in [9.17, 15) is 5.26 Å². The third-order valence-corrected chi connectivity index (χ3v) is 4.65. The van der Waals surface area contributed by atoms with Gasteiger partial charge in [-0.3, -0.25) is 0 Å². The summed E-state index contributed by atoms with van der Waals surface area (Å²) < 4.78 is 0. The molecule has 0 radical (unpaired) electrons. The molecule has 1 saturated carbocycles. The zero-order valence-electron chi connectivity index (χ0n) is 11.8. The summed E-state index contributed by atoms with van der Waals surface area (Å²) in [6.07, 6.45) is 5.86. The maximum Gasteiger partial charge on any atom is 0.144 e. The topological polar surface area (TPSA) is 48.7 Å². The van der Waals surface area contributed by atoms with Gasteiger partial charge >= 0.3 is 0 Å². The standard InChI is InChI=1S/C16H21N3/c1-16(2)8-13(16)10-18-15-12(9-17)7-11-5-3-4-6-14(11)19-15/h7,13H,3-6,8,10H2,1-2H3,(H,18,19). The van der Waals surface area contributed by atoms with E-state index in [2.05, 4.69) is 25.2 Å². The minimum Gasteiger partial charge on any atom is -0.369 e. The van der Waals surface area contributed by atoms with Crippen molar-refractivity contribution >= 4 is 5.82 Å². The predicted molar refractivity (Wildman–Crippen MR) is 76.0 cm³/mol. The molecule has 0 amide bonds. The summed E-state index contributed by atoms with van der Waals surface area (Å²) in [7, 11) is 0. The third-order valence-electron chi connectivity index (χ3n) is 4.65. The van der Waals surface area contributed by atoms with Crippen molar-refractivity contribution in [3.05, 3.63) is 22.9 Å². The molecule has 1 fully saturated rings. The molecule has 3 rings (SSSR count). The maximum absolute atomic E-state index is 9.27. The second-order valence-electron chi connectivity index (χ2n) is 6.58. The van der Waals surface area contributed by atoms with E-state index in [1.165, 1.54) is 30.5 Å². The van der Waals surface area contributed by atoms with Crippen LogP contribution in [0.2, 0.25) is 0 Å². The van der Waals surface area contributed by atoms with E-state index in [0.29, 0.717) is 11.0 Å². The van der Waals surface area contributed by atoms with Crippen molar-refractivity contribution in [3.63, 3.8) is 0 Å². The van der Waals surface area contributed by atoms with Crippen molar-refractivity contribution in [1.82, 2.24) is 4.98 Å². The fourth-order valence-electron chi connectivity index (χ4n) is 3.00. The Balaban J connectivity index is 1.78. The molecular weight excluding hydrogens is 234 g/mol. The lowest BCUT2D eigenvalue weighted by Gasteiger charge is -2.17. The fourth-order valence-corrected chi connectivity index (χ4v) is 3.00. The molecule has 2 aliphatic carbocycles. The van der Waals surface area contributed by atoms with Crippen molar-refractivity contribution < 1.29 is 0 Å². The molecule has 0 aromatic carbocycles. The number of nitriles is 1. The minimum absolute atomic E-state index is 0.466. The van der Waals surface area contributed by atoms with Gasteiger partial charge < -0.3 is 5.32 Å². The highest BCUT2D eigenvalue weighted by Crippen LogP contribution is 2.51. The Morgan fingerprint density at radius 3 is 2.84 bits per heavy atom. The molecule has 19 heavy (non-hydrogen) atoms. The Hall–Kier alpha value is -1.56. The number of nitrogens with one attached hydrogen (secondary N) is 1. The van der Waals surface area contributed by atoms with Crippen LogP contribution in [0.1, 0.15) is 49.9 Å². The first-order valence-corrected chi connectivity index (χ1v) is 7.27. The zero-order chi connectivity index (χ0) is 13.5. The van der Waals surface area contributed by atoms with Crippen LogP contribution in [0.3, 0.4) is 0 Å². The Morgan fingerprint density at radius 2 is 2.16 bits per heavy atom. The molecule has 1 atom stereocenters. The summed E-state index contributed by atoms with van der Waals surface area (Å²) in [6, 6.07) is 4.33.